The molecule has 1 fully saturated rings. The lowest BCUT2D eigenvalue weighted by molar-refractivity contribution is -0.00570. The lowest BCUT2D eigenvalue weighted by Gasteiger charge is -2.41. The van der Waals surface area contributed by atoms with Crippen LogP contribution in [-0.2, 0) is 24.4 Å². The third-order valence-electron chi connectivity index (χ3n) is 6.91. The van der Waals surface area contributed by atoms with Gasteiger partial charge in [-0.3, -0.25) is 9.69 Å². The van der Waals surface area contributed by atoms with Crippen molar-refractivity contribution in [3.05, 3.63) is 35.4 Å². The average molecular weight is 442 g/mol. The van der Waals surface area contributed by atoms with Crippen LogP contribution in [0, 0.1) is 5.41 Å². The molecule has 2 aromatic rings. The van der Waals surface area contributed by atoms with Crippen molar-refractivity contribution in [3.63, 3.8) is 0 Å². The predicted molar refractivity (Wildman–Crippen MR) is 116 cm³/mol. The second kappa shape index (κ2) is 8.71. The van der Waals surface area contributed by atoms with E-state index in [1.807, 2.05) is 17.6 Å². The summed E-state index contributed by atoms with van der Waals surface area (Å²) in [6.07, 6.45) is 2.88. The maximum atomic E-state index is 12.8. The second-order valence-corrected chi connectivity index (χ2v) is 9.27. The number of likely N-dealkylation sites (tertiary alicyclic amines) is 1. The normalized spacial score (nSPS) is 20.6. The highest BCUT2D eigenvalue weighted by atomic mass is 16.7. The van der Waals surface area contributed by atoms with Gasteiger partial charge in [0.05, 0.1) is 6.61 Å². The fraction of sp³-hybridized carbons (Fsp3) is 0.609. The molecule has 1 saturated heterocycles. The Balaban J connectivity index is 1.25. The summed E-state index contributed by atoms with van der Waals surface area (Å²) >= 11 is 0. The van der Waals surface area contributed by atoms with Gasteiger partial charge in [-0.1, -0.05) is 13.0 Å². The van der Waals surface area contributed by atoms with Gasteiger partial charge in [-0.2, -0.15) is 0 Å². The molecule has 3 aliphatic rings. The van der Waals surface area contributed by atoms with Gasteiger partial charge in [0.2, 0.25) is 12.6 Å². The van der Waals surface area contributed by atoms with Crippen molar-refractivity contribution >= 4 is 5.91 Å². The smallest absolute Gasteiger partial charge is 0.289 e. The molecule has 9 heteroatoms. The Morgan fingerprint density at radius 1 is 1.22 bits per heavy atom. The third kappa shape index (κ3) is 4.19. The first-order valence-corrected chi connectivity index (χ1v) is 11.5. The molecule has 1 amide bonds. The molecule has 1 N–H and O–H groups in total. The highest BCUT2D eigenvalue weighted by Gasteiger charge is 2.39. The van der Waals surface area contributed by atoms with Crippen LogP contribution in [0.1, 0.15) is 55.1 Å². The van der Waals surface area contributed by atoms with Gasteiger partial charge in [0.25, 0.3) is 5.91 Å². The standard InChI is InChI=1S/C23H31N5O4/c1-3-16(2)24-22(29)21-26-25-20-12-30-14-23(13-28(20)21)6-8-27(9-7-23)11-17-4-5-18-19(10-17)32-15-31-18/h4-5,10,16H,3,6-9,11-15H2,1-2H3,(H,24,29)/t16-/m1/s1. The fourth-order valence-corrected chi connectivity index (χ4v) is 4.69. The molecular formula is C23H31N5O4. The van der Waals surface area contributed by atoms with Gasteiger partial charge in [0.15, 0.2) is 17.3 Å². The second-order valence-electron chi connectivity index (χ2n) is 9.27. The van der Waals surface area contributed by atoms with Gasteiger partial charge in [0, 0.05) is 24.5 Å². The first-order valence-electron chi connectivity index (χ1n) is 11.5. The zero-order valence-corrected chi connectivity index (χ0v) is 18.8. The van der Waals surface area contributed by atoms with Crippen LogP contribution < -0.4 is 14.8 Å². The molecule has 3 aliphatic heterocycles. The first kappa shape index (κ1) is 21.2. The lowest BCUT2D eigenvalue weighted by Crippen LogP contribution is -2.44. The average Bonchev–Trinajstić information content (AvgIpc) is 3.38. The van der Waals surface area contributed by atoms with E-state index in [1.54, 1.807) is 0 Å². The Hall–Kier alpha value is -2.65. The van der Waals surface area contributed by atoms with E-state index < -0.39 is 0 Å². The number of aromatic nitrogens is 3. The number of ether oxygens (including phenoxy) is 3. The Labute approximate surface area is 188 Å². The van der Waals surface area contributed by atoms with Gasteiger partial charge in [-0.05, 0) is 57.0 Å². The minimum Gasteiger partial charge on any atom is -0.454 e. The fourth-order valence-electron chi connectivity index (χ4n) is 4.69. The van der Waals surface area contributed by atoms with Crippen LogP contribution in [0.5, 0.6) is 11.5 Å². The number of nitrogens with one attached hydrogen (secondary N) is 1. The summed E-state index contributed by atoms with van der Waals surface area (Å²) in [4.78, 5) is 15.2. The number of carbonyl (C=O) groups is 1. The number of hydrogen-bond acceptors (Lipinski definition) is 7. The molecule has 1 aromatic heterocycles. The van der Waals surface area contributed by atoms with E-state index in [4.69, 9.17) is 14.2 Å². The van der Waals surface area contributed by atoms with Crippen molar-refractivity contribution in [2.45, 2.75) is 58.8 Å². The van der Waals surface area contributed by atoms with Crippen LogP contribution in [0.2, 0.25) is 0 Å². The highest BCUT2D eigenvalue weighted by molar-refractivity contribution is 5.90. The van der Waals surface area contributed by atoms with Crippen molar-refractivity contribution < 1.29 is 19.0 Å². The monoisotopic (exact) mass is 441 g/mol. The van der Waals surface area contributed by atoms with Gasteiger partial charge in [0.1, 0.15) is 6.61 Å². The molecule has 1 aromatic carbocycles. The number of carbonyl (C=O) groups excluding carboxylic acids is 1. The summed E-state index contributed by atoms with van der Waals surface area (Å²) < 4.78 is 18.9. The van der Waals surface area contributed by atoms with Crippen LogP contribution in [0.15, 0.2) is 18.2 Å². The molecule has 1 spiro atoms. The maximum Gasteiger partial charge on any atom is 0.289 e. The van der Waals surface area contributed by atoms with E-state index in [9.17, 15) is 4.79 Å². The Morgan fingerprint density at radius 2 is 2.03 bits per heavy atom. The minimum absolute atomic E-state index is 0.00951. The molecule has 0 saturated carbocycles. The van der Waals surface area contributed by atoms with Crippen LogP contribution in [0.25, 0.3) is 0 Å². The van der Waals surface area contributed by atoms with Gasteiger partial charge in [-0.25, -0.2) is 0 Å². The van der Waals surface area contributed by atoms with E-state index in [0.29, 0.717) is 25.8 Å². The van der Waals surface area contributed by atoms with Crippen molar-refractivity contribution in [1.82, 2.24) is 25.0 Å². The van der Waals surface area contributed by atoms with Crippen LogP contribution in [-0.4, -0.2) is 58.1 Å². The molecule has 9 nitrogen and oxygen atoms in total. The van der Waals surface area contributed by atoms with E-state index in [0.717, 1.165) is 62.8 Å². The van der Waals surface area contributed by atoms with Crippen molar-refractivity contribution in [2.24, 2.45) is 5.41 Å². The molecule has 4 heterocycles. The summed E-state index contributed by atoms with van der Waals surface area (Å²) in [5.74, 6) is 2.62. The lowest BCUT2D eigenvalue weighted by atomic mass is 9.78. The summed E-state index contributed by atoms with van der Waals surface area (Å²) in [5, 5.41) is 11.5. The summed E-state index contributed by atoms with van der Waals surface area (Å²) in [6.45, 7) is 8.98. The van der Waals surface area contributed by atoms with E-state index in [1.165, 1.54) is 5.56 Å². The largest absolute Gasteiger partial charge is 0.454 e. The zero-order chi connectivity index (χ0) is 22.1. The number of nitrogens with zero attached hydrogens (tertiary/aromatic N) is 4. The van der Waals surface area contributed by atoms with E-state index >= 15 is 0 Å². The number of hydrogen-bond donors (Lipinski definition) is 1. The Kier molecular flexibility index (Phi) is 5.77. The Bertz CT molecular complexity index is 983. The SMILES string of the molecule is CC[C@@H](C)NC(=O)c1nnc2n1CC1(CCN(Cc3ccc4c(c3)OCO4)CC1)COC2. The molecule has 0 aliphatic carbocycles. The summed E-state index contributed by atoms with van der Waals surface area (Å²) in [6, 6.07) is 6.28. The summed E-state index contributed by atoms with van der Waals surface area (Å²) in [5.41, 5.74) is 1.22. The highest BCUT2D eigenvalue weighted by Crippen LogP contribution is 2.38. The number of fused-ring (bicyclic) bond motifs is 2. The number of amides is 1. The molecule has 5 rings (SSSR count). The quantitative estimate of drug-likeness (QED) is 0.762. The van der Waals surface area contributed by atoms with Crippen LogP contribution in [0.4, 0.5) is 0 Å². The Morgan fingerprint density at radius 3 is 2.84 bits per heavy atom. The zero-order valence-electron chi connectivity index (χ0n) is 18.8. The van der Waals surface area contributed by atoms with E-state index in [2.05, 4.69) is 39.5 Å². The van der Waals surface area contributed by atoms with Crippen molar-refractivity contribution in [1.29, 1.82) is 0 Å². The number of piperidine rings is 1. The number of rotatable bonds is 5. The van der Waals surface area contributed by atoms with Gasteiger partial charge >= 0.3 is 0 Å². The maximum absolute atomic E-state index is 12.8. The topological polar surface area (TPSA) is 90.7 Å². The van der Waals surface area contributed by atoms with Gasteiger partial charge in [-0.15, -0.1) is 10.2 Å². The van der Waals surface area contributed by atoms with Crippen molar-refractivity contribution in [2.75, 3.05) is 26.5 Å². The number of benzene rings is 1. The van der Waals surface area contributed by atoms with E-state index in [-0.39, 0.29) is 17.4 Å². The molecule has 0 radical (unpaired) electrons. The molecule has 172 valence electrons. The molecule has 0 unspecified atom stereocenters. The molecule has 1 atom stereocenters. The summed E-state index contributed by atoms with van der Waals surface area (Å²) in [7, 11) is 0. The van der Waals surface area contributed by atoms with Crippen molar-refractivity contribution in [3.8, 4) is 11.5 Å². The predicted octanol–water partition coefficient (Wildman–Crippen LogP) is 2.35. The van der Waals surface area contributed by atoms with Crippen LogP contribution >= 0.6 is 0 Å². The molecular weight excluding hydrogens is 410 g/mol. The van der Waals surface area contributed by atoms with Gasteiger partial charge < -0.3 is 24.1 Å². The van der Waals surface area contributed by atoms with Crippen LogP contribution in [0.3, 0.4) is 0 Å². The molecule has 32 heavy (non-hydrogen) atoms. The third-order valence-corrected chi connectivity index (χ3v) is 6.91. The first-order chi connectivity index (χ1) is 15.5. The minimum atomic E-state index is -0.157. The molecule has 0 bridgehead atoms.